The molecule has 0 aliphatic rings. The lowest BCUT2D eigenvalue weighted by atomic mass is 9.94. The van der Waals surface area contributed by atoms with Gasteiger partial charge in [0.1, 0.15) is 0 Å². The molecule has 1 aromatic rings. The summed E-state index contributed by atoms with van der Waals surface area (Å²) in [7, 11) is 0. The highest BCUT2D eigenvalue weighted by Gasteiger charge is 2.11. The number of hydrogen-bond acceptors (Lipinski definition) is 2. The van der Waals surface area contributed by atoms with Gasteiger partial charge in [-0.05, 0) is 49.9 Å². The Labute approximate surface area is 84.2 Å². The molecule has 0 aromatic heterocycles. The van der Waals surface area contributed by atoms with E-state index < -0.39 is 0 Å². The monoisotopic (exact) mass is 192 g/mol. The average molecular weight is 192 g/mol. The van der Waals surface area contributed by atoms with Crippen molar-refractivity contribution in [3.05, 3.63) is 33.9 Å². The van der Waals surface area contributed by atoms with Crippen molar-refractivity contribution in [2.45, 2.75) is 27.7 Å². The van der Waals surface area contributed by atoms with Gasteiger partial charge >= 0.3 is 0 Å². The third-order valence-corrected chi connectivity index (χ3v) is 2.73. The summed E-state index contributed by atoms with van der Waals surface area (Å²) < 4.78 is 0. The molecule has 0 amide bonds. The standard InChI is InChI=1S/C11H16N2O/c1-6-5-7(2)9(4)10(8(6)3)11(12)13-14/h5,14H,1-4H3,(H2,12,13). The summed E-state index contributed by atoms with van der Waals surface area (Å²) in [6.45, 7) is 8.01. The molecule has 0 spiro atoms. The van der Waals surface area contributed by atoms with Gasteiger partial charge < -0.3 is 10.9 Å². The molecular formula is C11H16N2O. The van der Waals surface area contributed by atoms with Crippen LogP contribution in [0.25, 0.3) is 0 Å². The Morgan fingerprint density at radius 2 is 1.57 bits per heavy atom. The second kappa shape index (κ2) is 3.70. The Morgan fingerprint density at radius 3 is 1.93 bits per heavy atom. The van der Waals surface area contributed by atoms with E-state index in [1.165, 1.54) is 0 Å². The van der Waals surface area contributed by atoms with Crippen molar-refractivity contribution in [3.8, 4) is 0 Å². The molecule has 0 atom stereocenters. The van der Waals surface area contributed by atoms with Gasteiger partial charge in [-0.3, -0.25) is 0 Å². The number of benzene rings is 1. The Bertz CT molecular complexity index is 369. The number of nitrogens with two attached hydrogens (primary N) is 1. The van der Waals surface area contributed by atoms with Gasteiger partial charge in [0.05, 0.1) is 0 Å². The van der Waals surface area contributed by atoms with Crippen molar-refractivity contribution in [3.63, 3.8) is 0 Å². The maximum atomic E-state index is 8.68. The average Bonchev–Trinajstić information content (AvgIpc) is 2.15. The number of rotatable bonds is 1. The summed E-state index contributed by atoms with van der Waals surface area (Å²) in [5.41, 5.74) is 11.0. The second-order valence-electron chi connectivity index (χ2n) is 3.62. The fourth-order valence-corrected chi connectivity index (χ4v) is 1.65. The number of hydrogen-bond donors (Lipinski definition) is 2. The van der Waals surface area contributed by atoms with Crippen LogP contribution in [-0.2, 0) is 0 Å². The van der Waals surface area contributed by atoms with E-state index >= 15 is 0 Å². The summed E-state index contributed by atoms with van der Waals surface area (Å²) in [6, 6.07) is 2.11. The van der Waals surface area contributed by atoms with Crippen molar-refractivity contribution >= 4 is 5.84 Å². The number of oxime groups is 1. The van der Waals surface area contributed by atoms with Gasteiger partial charge in [-0.2, -0.15) is 0 Å². The Hall–Kier alpha value is -1.51. The van der Waals surface area contributed by atoms with E-state index in [1.54, 1.807) is 0 Å². The lowest BCUT2D eigenvalue weighted by Gasteiger charge is -2.13. The van der Waals surface area contributed by atoms with Crippen molar-refractivity contribution in [1.29, 1.82) is 0 Å². The molecule has 0 unspecified atom stereocenters. The van der Waals surface area contributed by atoms with Crippen molar-refractivity contribution in [2.75, 3.05) is 0 Å². The van der Waals surface area contributed by atoms with Gasteiger partial charge in [-0.15, -0.1) is 0 Å². The summed E-state index contributed by atoms with van der Waals surface area (Å²) in [5.74, 6) is 0.187. The van der Waals surface area contributed by atoms with Gasteiger partial charge in [0.2, 0.25) is 0 Å². The van der Waals surface area contributed by atoms with Crippen molar-refractivity contribution in [2.24, 2.45) is 10.9 Å². The van der Waals surface area contributed by atoms with Crippen LogP contribution in [0.15, 0.2) is 11.2 Å². The first-order valence-electron chi connectivity index (χ1n) is 4.54. The van der Waals surface area contributed by atoms with Crippen LogP contribution in [0.4, 0.5) is 0 Å². The summed E-state index contributed by atoms with van der Waals surface area (Å²) in [4.78, 5) is 0. The summed E-state index contributed by atoms with van der Waals surface area (Å²) in [6.07, 6.45) is 0. The van der Waals surface area contributed by atoms with Crippen molar-refractivity contribution < 1.29 is 5.21 Å². The molecule has 0 bridgehead atoms. The quantitative estimate of drug-likeness (QED) is 0.309. The van der Waals surface area contributed by atoms with Gasteiger partial charge in [0.25, 0.3) is 0 Å². The normalized spacial score (nSPS) is 11.9. The molecule has 0 radical (unpaired) electrons. The van der Waals surface area contributed by atoms with E-state index in [1.807, 2.05) is 27.7 Å². The molecule has 0 fully saturated rings. The molecule has 3 heteroatoms. The summed E-state index contributed by atoms with van der Waals surface area (Å²) in [5, 5.41) is 11.7. The molecule has 0 aliphatic heterocycles. The van der Waals surface area contributed by atoms with Gasteiger partial charge in [0, 0.05) is 5.56 Å². The predicted octanol–water partition coefficient (Wildman–Crippen LogP) is 2.01. The van der Waals surface area contributed by atoms with Crippen LogP contribution < -0.4 is 5.73 Å². The number of amidine groups is 1. The Balaban J connectivity index is 3.55. The maximum Gasteiger partial charge on any atom is 0.170 e. The predicted molar refractivity (Wildman–Crippen MR) is 57.9 cm³/mol. The molecule has 0 aliphatic carbocycles. The lowest BCUT2D eigenvalue weighted by Crippen LogP contribution is -2.17. The van der Waals surface area contributed by atoms with E-state index in [0.717, 1.165) is 27.8 Å². The molecule has 0 saturated carbocycles. The minimum absolute atomic E-state index is 0.187. The van der Waals surface area contributed by atoms with Crippen LogP contribution in [0.2, 0.25) is 0 Å². The smallest absolute Gasteiger partial charge is 0.170 e. The zero-order valence-electron chi connectivity index (χ0n) is 9.05. The fourth-order valence-electron chi connectivity index (χ4n) is 1.65. The first-order chi connectivity index (χ1) is 6.49. The molecule has 3 nitrogen and oxygen atoms in total. The molecule has 0 saturated heterocycles. The highest BCUT2D eigenvalue weighted by atomic mass is 16.4. The van der Waals surface area contributed by atoms with E-state index in [0.29, 0.717) is 0 Å². The fraction of sp³-hybridized carbons (Fsp3) is 0.364. The maximum absolute atomic E-state index is 8.68. The minimum Gasteiger partial charge on any atom is -0.409 e. The van der Waals surface area contributed by atoms with E-state index in [9.17, 15) is 0 Å². The molecule has 1 aromatic carbocycles. The lowest BCUT2D eigenvalue weighted by molar-refractivity contribution is 0.318. The van der Waals surface area contributed by atoms with E-state index in [2.05, 4.69) is 11.2 Å². The Kier molecular flexibility index (Phi) is 2.79. The first-order valence-corrected chi connectivity index (χ1v) is 4.54. The molecule has 1 rings (SSSR count). The molecular weight excluding hydrogens is 176 g/mol. The largest absolute Gasteiger partial charge is 0.409 e. The SMILES string of the molecule is Cc1cc(C)c(C)c(/C(N)=N/O)c1C. The van der Waals surface area contributed by atoms with Crippen LogP contribution in [0.1, 0.15) is 27.8 Å². The number of aryl methyl sites for hydroxylation is 2. The van der Waals surface area contributed by atoms with Gasteiger partial charge in [-0.1, -0.05) is 11.2 Å². The zero-order valence-corrected chi connectivity index (χ0v) is 9.05. The zero-order chi connectivity index (χ0) is 10.9. The first kappa shape index (κ1) is 10.6. The van der Waals surface area contributed by atoms with Crippen LogP contribution in [-0.4, -0.2) is 11.0 Å². The van der Waals surface area contributed by atoms with Crippen LogP contribution in [0.3, 0.4) is 0 Å². The van der Waals surface area contributed by atoms with E-state index in [4.69, 9.17) is 10.9 Å². The van der Waals surface area contributed by atoms with Crippen LogP contribution in [0, 0.1) is 27.7 Å². The molecule has 14 heavy (non-hydrogen) atoms. The van der Waals surface area contributed by atoms with Crippen molar-refractivity contribution in [1.82, 2.24) is 0 Å². The third kappa shape index (κ3) is 1.58. The highest BCUT2D eigenvalue weighted by molar-refractivity contribution is 6.00. The third-order valence-electron chi connectivity index (χ3n) is 2.73. The highest BCUT2D eigenvalue weighted by Crippen LogP contribution is 2.21. The molecule has 0 heterocycles. The topological polar surface area (TPSA) is 58.6 Å². The number of nitrogens with zero attached hydrogens (tertiary/aromatic N) is 1. The molecule has 76 valence electrons. The second-order valence-corrected chi connectivity index (χ2v) is 3.62. The minimum atomic E-state index is 0.187. The van der Waals surface area contributed by atoms with Crippen LogP contribution >= 0.6 is 0 Å². The van der Waals surface area contributed by atoms with Crippen LogP contribution in [0.5, 0.6) is 0 Å². The molecule has 3 N–H and O–H groups in total. The Morgan fingerprint density at radius 1 is 1.14 bits per heavy atom. The van der Waals surface area contributed by atoms with E-state index in [-0.39, 0.29) is 5.84 Å². The summed E-state index contributed by atoms with van der Waals surface area (Å²) >= 11 is 0. The van der Waals surface area contributed by atoms with Gasteiger partial charge in [-0.25, -0.2) is 0 Å². The van der Waals surface area contributed by atoms with Gasteiger partial charge in [0.15, 0.2) is 5.84 Å².